The second-order valence-electron chi connectivity index (χ2n) is 4.63. The van der Waals surface area contributed by atoms with Crippen LogP contribution in [-0.2, 0) is 0 Å². The topological polar surface area (TPSA) is 32.3 Å². The highest BCUT2D eigenvalue weighted by Gasteiger charge is 2.26. The summed E-state index contributed by atoms with van der Waals surface area (Å²) in [6.45, 7) is 5.20. The van der Waals surface area contributed by atoms with Crippen molar-refractivity contribution in [2.24, 2.45) is 0 Å². The number of nitrogens with one attached hydrogen (secondary N) is 1. The van der Waals surface area contributed by atoms with Gasteiger partial charge < -0.3 is 10.2 Å². The van der Waals surface area contributed by atoms with Gasteiger partial charge >= 0.3 is 0 Å². The van der Waals surface area contributed by atoms with E-state index in [1.54, 1.807) is 4.90 Å². The molecule has 0 aromatic heterocycles. The molecule has 0 unspecified atom stereocenters. The third kappa shape index (κ3) is 2.36. The Morgan fingerprint density at radius 1 is 1.39 bits per heavy atom. The fourth-order valence-electron chi connectivity index (χ4n) is 2.11. The van der Waals surface area contributed by atoms with E-state index >= 15 is 0 Å². The lowest BCUT2D eigenvalue weighted by atomic mass is 10.1. The average molecular weight is 254 g/mol. The first-order valence-electron chi connectivity index (χ1n) is 5.98. The molecular weight excluding hydrogens is 238 g/mol. The molecule has 1 aromatic carbocycles. The van der Waals surface area contributed by atoms with Crippen molar-refractivity contribution in [1.82, 2.24) is 10.2 Å². The van der Waals surface area contributed by atoms with E-state index in [0.29, 0.717) is 19.6 Å². The van der Waals surface area contributed by atoms with Crippen molar-refractivity contribution in [1.29, 1.82) is 0 Å². The van der Waals surface area contributed by atoms with Crippen LogP contribution < -0.4 is 5.32 Å². The minimum Gasteiger partial charge on any atom is -0.333 e. The van der Waals surface area contributed by atoms with Crippen LogP contribution in [0.2, 0.25) is 0 Å². The fraction of sp³-hybridized carbons (Fsp3) is 0.462. The normalized spacial score (nSPS) is 20.0. The second-order valence-corrected chi connectivity index (χ2v) is 4.63. The van der Waals surface area contributed by atoms with Crippen LogP contribution in [0, 0.1) is 18.6 Å². The zero-order chi connectivity index (χ0) is 13.3. The molecule has 1 saturated heterocycles. The number of carbonyl (C=O) groups is 1. The van der Waals surface area contributed by atoms with E-state index in [2.05, 4.69) is 5.32 Å². The Morgan fingerprint density at radius 3 is 2.78 bits per heavy atom. The van der Waals surface area contributed by atoms with Gasteiger partial charge in [-0.1, -0.05) is 0 Å². The third-order valence-corrected chi connectivity index (χ3v) is 3.24. The van der Waals surface area contributed by atoms with Crippen LogP contribution in [0.5, 0.6) is 0 Å². The Labute approximate surface area is 105 Å². The standard InChI is InChI=1S/C13H16F2N2O/c1-8-5-12(15)10(6-11(8)14)13(18)17-4-3-16-7-9(17)2/h5-6,9,16H,3-4,7H2,1-2H3/t9-/m1/s1. The molecular formula is C13H16F2N2O. The molecule has 1 fully saturated rings. The minimum absolute atomic E-state index is 0.0185. The molecule has 1 aromatic rings. The second kappa shape index (κ2) is 5.02. The quantitative estimate of drug-likeness (QED) is 0.827. The lowest BCUT2D eigenvalue weighted by Gasteiger charge is -2.34. The number of piperazine rings is 1. The zero-order valence-corrected chi connectivity index (χ0v) is 10.5. The molecule has 1 aliphatic rings. The zero-order valence-electron chi connectivity index (χ0n) is 10.5. The smallest absolute Gasteiger partial charge is 0.257 e. The largest absolute Gasteiger partial charge is 0.333 e. The molecule has 0 radical (unpaired) electrons. The molecule has 0 saturated carbocycles. The minimum atomic E-state index is -0.662. The van der Waals surface area contributed by atoms with E-state index in [1.807, 2.05) is 6.92 Å². The maximum Gasteiger partial charge on any atom is 0.257 e. The molecule has 0 spiro atoms. The van der Waals surface area contributed by atoms with Crippen LogP contribution in [0.1, 0.15) is 22.8 Å². The molecule has 1 amide bonds. The first-order valence-corrected chi connectivity index (χ1v) is 5.98. The maximum atomic E-state index is 13.7. The van der Waals surface area contributed by atoms with Gasteiger partial charge in [0.25, 0.3) is 5.91 Å². The molecule has 1 aliphatic heterocycles. The van der Waals surface area contributed by atoms with Gasteiger partial charge in [-0.3, -0.25) is 4.79 Å². The summed E-state index contributed by atoms with van der Waals surface area (Å²) < 4.78 is 27.2. The molecule has 0 aliphatic carbocycles. The predicted octanol–water partition coefficient (Wildman–Crippen LogP) is 1.71. The molecule has 1 atom stereocenters. The highest BCUT2D eigenvalue weighted by atomic mass is 19.1. The number of amides is 1. The van der Waals surface area contributed by atoms with E-state index < -0.39 is 17.5 Å². The first-order chi connectivity index (χ1) is 8.50. The van der Waals surface area contributed by atoms with Gasteiger partial charge in [-0.2, -0.15) is 0 Å². The highest BCUT2D eigenvalue weighted by molar-refractivity contribution is 5.94. The Balaban J connectivity index is 2.30. The first kappa shape index (κ1) is 13.0. The van der Waals surface area contributed by atoms with Crippen LogP contribution in [0.15, 0.2) is 12.1 Å². The van der Waals surface area contributed by atoms with Gasteiger partial charge in [0.1, 0.15) is 11.6 Å². The van der Waals surface area contributed by atoms with Crippen molar-refractivity contribution in [3.8, 4) is 0 Å². The Hall–Kier alpha value is -1.49. The third-order valence-electron chi connectivity index (χ3n) is 3.24. The summed E-state index contributed by atoms with van der Waals surface area (Å²) in [6.07, 6.45) is 0. The van der Waals surface area contributed by atoms with E-state index in [1.165, 1.54) is 6.92 Å². The van der Waals surface area contributed by atoms with E-state index in [4.69, 9.17) is 0 Å². The van der Waals surface area contributed by atoms with Gasteiger partial charge in [-0.15, -0.1) is 0 Å². The predicted molar refractivity (Wildman–Crippen MR) is 64.5 cm³/mol. The number of hydrogen-bond acceptors (Lipinski definition) is 2. The molecule has 5 heteroatoms. The summed E-state index contributed by atoms with van der Waals surface area (Å²) in [6, 6.07) is 2.03. The number of rotatable bonds is 1. The fourth-order valence-corrected chi connectivity index (χ4v) is 2.11. The van der Waals surface area contributed by atoms with Crippen molar-refractivity contribution >= 4 is 5.91 Å². The van der Waals surface area contributed by atoms with E-state index in [0.717, 1.165) is 12.1 Å². The van der Waals surface area contributed by atoms with Gasteiger partial charge in [-0.25, -0.2) is 8.78 Å². The number of nitrogens with zero attached hydrogens (tertiary/aromatic N) is 1. The van der Waals surface area contributed by atoms with Crippen LogP contribution in [0.25, 0.3) is 0 Å². The lowest BCUT2D eigenvalue weighted by Crippen LogP contribution is -2.52. The molecule has 1 N–H and O–H groups in total. The highest BCUT2D eigenvalue weighted by Crippen LogP contribution is 2.17. The number of hydrogen-bond donors (Lipinski definition) is 1. The van der Waals surface area contributed by atoms with Crippen LogP contribution >= 0.6 is 0 Å². The number of aryl methyl sites for hydroxylation is 1. The van der Waals surface area contributed by atoms with Gasteiger partial charge in [0.05, 0.1) is 5.56 Å². The SMILES string of the molecule is Cc1cc(F)c(C(=O)N2CCNC[C@H]2C)cc1F. The van der Waals surface area contributed by atoms with Crippen molar-refractivity contribution in [2.45, 2.75) is 19.9 Å². The van der Waals surface area contributed by atoms with Crippen LogP contribution in [0.3, 0.4) is 0 Å². The lowest BCUT2D eigenvalue weighted by molar-refractivity contribution is 0.0650. The number of halogens is 2. The van der Waals surface area contributed by atoms with Gasteiger partial charge in [0.2, 0.25) is 0 Å². The molecule has 2 rings (SSSR count). The number of carbonyl (C=O) groups excluding carboxylic acids is 1. The molecule has 1 heterocycles. The van der Waals surface area contributed by atoms with E-state index in [9.17, 15) is 13.6 Å². The van der Waals surface area contributed by atoms with Crippen LogP contribution in [0.4, 0.5) is 8.78 Å². The molecule has 3 nitrogen and oxygen atoms in total. The van der Waals surface area contributed by atoms with Gasteiger partial charge in [0, 0.05) is 25.7 Å². The van der Waals surface area contributed by atoms with Gasteiger partial charge in [-0.05, 0) is 31.5 Å². The molecule has 98 valence electrons. The Bertz CT molecular complexity index is 476. The molecule has 18 heavy (non-hydrogen) atoms. The van der Waals surface area contributed by atoms with Crippen molar-refractivity contribution < 1.29 is 13.6 Å². The summed E-state index contributed by atoms with van der Waals surface area (Å²) in [7, 11) is 0. The summed E-state index contributed by atoms with van der Waals surface area (Å²) >= 11 is 0. The molecule has 0 bridgehead atoms. The maximum absolute atomic E-state index is 13.7. The summed E-state index contributed by atoms with van der Waals surface area (Å²) in [5.74, 6) is -1.66. The number of benzene rings is 1. The van der Waals surface area contributed by atoms with Gasteiger partial charge in [0.15, 0.2) is 0 Å². The monoisotopic (exact) mass is 254 g/mol. The van der Waals surface area contributed by atoms with Crippen molar-refractivity contribution in [3.63, 3.8) is 0 Å². The van der Waals surface area contributed by atoms with Crippen LogP contribution in [-0.4, -0.2) is 36.5 Å². The Morgan fingerprint density at radius 2 is 2.11 bits per heavy atom. The van der Waals surface area contributed by atoms with Crippen molar-refractivity contribution in [2.75, 3.05) is 19.6 Å². The van der Waals surface area contributed by atoms with Crippen molar-refractivity contribution in [3.05, 3.63) is 34.9 Å². The Kier molecular flexibility index (Phi) is 3.61. The summed E-state index contributed by atoms with van der Waals surface area (Å²) in [5, 5.41) is 3.14. The van der Waals surface area contributed by atoms with E-state index in [-0.39, 0.29) is 17.2 Å². The average Bonchev–Trinajstić information content (AvgIpc) is 2.33. The summed E-state index contributed by atoms with van der Waals surface area (Å²) in [5.41, 5.74) is 0.0178. The summed E-state index contributed by atoms with van der Waals surface area (Å²) in [4.78, 5) is 13.8.